The molecule has 0 fully saturated rings. The van der Waals surface area contributed by atoms with E-state index in [1.165, 1.54) is 24.1 Å². The molecule has 0 aliphatic heterocycles. The maximum atomic E-state index is 13.1. The van der Waals surface area contributed by atoms with Crippen molar-refractivity contribution in [3.05, 3.63) is 120 Å². The molecule has 2 N–H and O–H groups in total. The number of benzene rings is 3. The summed E-state index contributed by atoms with van der Waals surface area (Å²) >= 11 is 1.45. The predicted molar refractivity (Wildman–Crippen MR) is 131 cm³/mol. The highest BCUT2D eigenvalue weighted by Gasteiger charge is 2.14. The number of carbonyl (C=O) groups excluding carboxylic acids is 1. The lowest BCUT2D eigenvalue weighted by Crippen LogP contribution is -2.26. The molecule has 0 bridgehead atoms. The van der Waals surface area contributed by atoms with Gasteiger partial charge < -0.3 is 5.32 Å². The number of nitrogens with zero attached hydrogens (tertiary/aromatic N) is 1. The largest absolute Gasteiger partial charge is 0.352 e. The van der Waals surface area contributed by atoms with Gasteiger partial charge in [-0.1, -0.05) is 48.5 Å². The fraction of sp³-hybridized carbons (Fsp3) is 0.111. The van der Waals surface area contributed by atoms with Crippen molar-refractivity contribution in [1.29, 1.82) is 0 Å². The van der Waals surface area contributed by atoms with Crippen molar-refractivity contribution in [3.63, 3.8) is 0 Å². The van der Waals surface area contributed by atoms with Gasteiger partial charge in [-0.3, -0.25) is 14.5 Å². The number of halogens is 1. The maximum Gasteiger partial charge on any atom is 0.251 e. The number of hydrogen-bond donors (Lipinski definition) is 2. The molecule has 0 aliphatic rings. The third-order valence-electron chi connectivity index (χ3n) is 5.14. The van der Waals surface area contributed by atoms with Crippen molar-refractivity contribution in [2.24, 2.45) is 0 Å². The molecule has 0 atom stereocenters. The third-order valence-corrected chi connectivity index (χ3v) is 5.93. The van der Waals surface area contributed by atoms with Crippen molar-refractivity contribution in [3.8, 4) is 11.1 Å². The average molecular weight is 458 g/mol. The van der Waals surface area contributed by atoms with Crippen molar-refractivity contribution < 1.29 is 9.18 Å². The third kappa shape index (κ3) is 6.28. The second-order valence-electron chi connectivity index (χ2n) is 7.41. The van der Waals surface area contributed by atoms with E-state index in [-0.39, 0.29) is 11.7 Å². The molecule has 4 nitrogen and oxygen atoms in total. The predicted octanol–water partition coefficient (Wildman–Crippen LogP) is 5.66. The van der Waals surface area contributed by atoms with Gasteiger partial charge in [-0.25, -0.2) is 4.39 Å². The Kier molecular flexibility index (Phi) is 7.85. The molecule has 0 aliphatic carbocycles. The quantitative estimate of drug-likeness (QED) is 0.319. The van der Waals surface area contributed by atoms with E-state index in [0.29, 0.717) is 25.1 Å². The Hall–Kier alpha value is -3.48. The summed E-state index contributed by atoms with van der Waals surface area (Å²) in [7, 11) is 0. The molecule has 1 aromatic heterocycles. The van der Waals surface area contributed by atoms with Crippen LogP contribution in [0.5, 0.6) is 0 Å². The van der Waals surface area contributed by atoms with Crippen molar-refractivity contribution in [2.75, 3.05) is 6.54 Å². The second kappa shape index (κ2) is 11.4. The van der Waals surface area contributed by atoms with Crippen LogP contribution in [0, 0.1) is 5.82 Å². The van der Waals surface area contributed by atoms with Gasteiger partial charge in [0.1, 0.15) is 5.82 Å². The van der Waals surface area contributed by atoms with E-state index >= 15 is 0 Å². The second-order valence-corrected chi connectivity index (χ2v) is 8.37. The van der Waals surface area contributed by atoms with E-state index in [1.807, 2.05) is 66.7 Å². The average Bonchev–Trinajstić information content (AvgIpc) is 2.86. The minimum absolute atomic E-state index is 0.106. The highest BCUT2D eigenvalue weighted by atomic mass is 32.2. The zero-order valence-electron chi connectivity index (χ0n) is 18.0. The molecule has 0 saturated heterocycles. The molecule has 33 heavy (non-hydrogen) atoms. The van der Waals surface area contributed by atoms with Crippen LogP contribution in [0.4, 0.5) is 4.39 Å². The Labute approximate surface area is 197 Å². The summed E-state index contributed by atoms with van der Waals surface area (Å²) in [5, 5.41) is 3.02. The van der Waals surface area contributed by atoms with Crippen LogP contribution in [0.2, 0.25) is 0 Å². The normalized spacial score (nSPS) is 10.7. The fourth-order valence-electron chi connectivity index (χ4n) is 3.50. The smallest absolute Gasteiger partial charge is 0.251 e. The van der Waals surface area contributed by atoms with E-state index in [2.05, 4.69) is 15.0 Å². The Bertz CT molecular complexity index is 1200. The fourth-order valence-corrected chi connectivity index (χ4v) is 4.16. The highest BCUT2D eigenvalue weighted by molar-refractivity contribution is 7.97. The van der Waals surface area contributed by atoms with Crippen LogP contribution in [-0.2, 0) is 13.0 Å². The lowest BCUT2D eigenvalue weighted by atomic mass is 9.95. The van der Waals surface area contributed by atoms with Crippen LogP contribution >= 0.6 is 11.9 Å². The zero-order chi connectivity index (χ0) is 22.9. The number of hydrogen-bond acceptors (Lipinski definition) is 4. The Morgan fingerprint density at radius 3 is 2.36 bits per heavy atom. The van der Waals surface area contributed by atoms with Gasteiger partial charge in [-0.05, 0) is 71.1 Å². The molecule has 166 valence electrons. The number of aromatic nitrogens is 1. The van der Waals surface area contributed by atoms with E-state index in [9.17, 15) is 9.18 Å². The molecule has 1 amide bonds. The van der Waals surface area contributed by atoms with Crippen molar-refractivity contribution >= 4 is 17.9 Å². The van der Waals surface area contributed by atoms with E-state index in [0.717, 1.165) is 27.3 Å². The topological polar surface area (TPSA) is 54.0 Å². The number of rotatable bonds is 9. The van der Waals surface area contributed by atoms with Gasteiger partial charge in [-0.15, -0.1) is 0 Å². The number of amides is 1. The van der Waals surface area contributed by atoms with E-state index in [1.54, 1.807) is 18.3 Å². The van der Waals surface area contributed by atoms with Gasteiger partial charge in [0.25, 0.3) is 5.91 Å². The molecular formula is C27H24FN3OS. The first-order chi connectivity index (χ1) is 16.2. The maximum absolute atomic E-state index is 13.1. The SMILES string of the molecule is O=C(NCCc1ccccn1)c1ccccc1-c1ccccc1CNSc1ccc(F)cc1. The number of nitrogens with one attached hydrogen (secondary N) is 2. The van der Waals surface area contributed by atoms with Crippen LogP contribution < -0.4 is 10.0 Å². The van der Waals surface area contributed by atoms with Crippen molar-refractivity contribution in [1.82, 2.24) is 15.0 Å². The summed E-state index contributed by atoms with van der Waals surface area (Å²) in [6.07, 6.45) is 2.43. The first-order valence-electron chi connectivity index (χ1n) is 10.7. The standard InChI is InChI=1S/C27H24FN3OS/c28-21-12-14-23(15-13-21)33-31-19-20-7-1-2-9-24(20)25-10-3-4-11-26(25)27(32)30-18-16-22-8-5-6-17-29-22/h1-15,17,31H,16,18-19H2,(H,30,32). The summed E-state index contributed by atoms with van der Waals surface area (Å²) < 4.78 is 16.5. The summed E-state index contributed by atoms with van der Waals surface area (Å²) in [5.41, 5.74) is 4.54. The van der Waals surface area contributed by atoms with E-state index < -0.39 is 0 Å². The molecule has 0 spiro atoms. The highest BCUT2D eigenvalue weighted by Crippen LogP contribution is 2.28. The molecule has 4 rings (SSSR count). The summed E-state index contributed by atoms with van der Waals surface area (Å²) in [6, 6.07) is 27.8. The summed E-state index contributed by atoms with van der Waals surface area (Å²) in [6.45, 7) is 1.11. The Morgan fingerprint density at radius 1 is 0.848 bits per heavy atom. The molecule has 1 heterocycles. The molecular weight excluding hydrogens is 433 g/mol. The van der Waals surface area contributed by atoms with Crippen LogP contribution in [0.15, 0.2) is 102 Å². The van der Waals surface area contributed by atoms with Gasteiger partial charge in [0.2, 0.25) is 0 Å². The summed E-state index contributed by atoms with van der Waals surface area (Å²) in [4.78, 5) is 18.2. The first kappa shape index (κ1) is 22.7. The van der Waals surface area contributed by atoms with E-state index in [4.69, 9.17) is 0 Å². The minimum Gasteiger partial charge on any atom is -0.352 e. The van der Waals surface area contributed by atoms with Crippen molar-refractivity contribution in [2.45, 2.75) is 17.9 Å². The molecule has 4 aromatic rings. The molecule has 3 aromatic carbocycles. The molecule has 6 heteroatoms. The molecule has 0 radical (unpaired) electrons. The molecule has 0 unspecified atom stereocenters. The van der Waals surface area contributed by atoms with Gasteiger partial charge >= 0.3 is 0 Å². The van der Waals surface area contributed by atoms with Gasteiger partial charge in [-0.2, -0.15) is 0 Å². The van der Waals surface area contributed by atoms with Gasteiger partial charge in [0.15, 0.2) is 0 Å². The van der Waals surface area contributed by atoms with Crippen LogP contribution in [0.1, 0.15) is 21.6 Å². The molecule has 0 saturated carbocycles. The Morgan fingerprint density at radius 2 is 1.58 bits per heavy atom. The van der Waals surface area contributed by atoms with Gasteiger partial charge in [0, 0.05) is 41.9 Å². The summed E-state index contributed by atoms with van der Waals surface area (Å²) in [5.74, 6) is -0.357. The van der Waals surface area contributed by atoms with Crippen LogP contribution in [-0.4, -0.2) is 17.4 Å². The van der Waals surface area contributed by atoms with Gasteiger partial charge in [0.05, 0.1) is 0 Å². The first-order valence-corrected chi connectivity index (χ1v) is 11.5. The zero-order valence-corrected chi connectivity index (χ0v) is 18.8. The lowest BCUT2D eigenvalue weighted by molar-refractivity contribution is 0.0954. The lowest BCUT2D eigenvalue weighted by Gasteiger charge is -2.14. The Balaban J connectivity index is 1.45. The number of carbonyl (C=O) groups is 1. The monoisotopic (exact) mass is 457 g/mol. The van der Waals surface area contributed by atoms with Crippen LogP contribution in [0.25, 0.3) is 11.1 Å². The minimum atomic E-state index is -0.250. The van der Waals surface area contributed by atoms with Crippen LogP contribution in [0.3, 0.4) is 0 Å². The number of pyridine rings is 1.